The lowest BCUT2D eigenvalue weighted by Gasteiger charge is -2.34. The van der Waals surface area contributed by atoms with Crippen LogP contribution in [0.2, 0.25) is 0 Å². The van der Waals surface area contributed by atoms with Crippen LogP contribution in [0, 0.1) is 0 Å². The van der Waals surface area contributed by atoms with Crippen molar-refractivity contribution in [2.75, 3.05) is 39.3 Å². The molecule has 1 aliphatic rings. The van der Waals surface area contributed by atoms with Crippen LogP contribution in [0.25, 0.3) is 0 Å². The van der Waals surface area contributed by atoms with Crippen molar-refractivity contribution in [3.8, 4) is 0 Å². The molecule has 1 aliphatic heterocycles. The molecule has 2 heterocycles. The quantitative estimate of drug-likeness (QED) is 0.832. The summed E-state index contributed by atoms with van der Waals surface area (Å²) in [6.07, 6.45) is 2.56. The highest BCUT2D eigenvalue weighted by molar-refractivity contribution is 5.78. The average Bonchev–Trinajstić information content (AvgIpc) is 2.65. The topological polar surface area (TPSA) is 48.5 Å². The molecule has 25 heavy (non-hydrogen) atoms. The monoisotopic (exact) mass is 338 g/mol. The van der Waals surface area contributed by atoms with Crippen molar-refractivity contribution >= 4 is 5.91 Å². The first-order chi connectivity index (χ1) is 12.3. The summed E-state index contributed by atoms with van der Waals surface area (Å²) in [4.78, 5) is 21.0. The molecule has 1 aromatic carbocycles. The fraction of sp³-hybridized carbons (Fsp3) is 0.400. The van der Waals surface area contributed by atoms with E-state index in [1.54, 1.807) is 6.20 Å². The molecule has 0 bridgehead atoms. The van der Waals surface area contributed by atoms with E-state index in [1.807, 2.05) is 24.3 Å². The standard InChI is InChI=1S/C20H26N4O/c25-20(22-11-9-19-8-4-5-10-21-19)17-24-14-12-23(13-15-24)16-18-6-2-1-3-7-18/h1-8,10H,9,11-17H2,(H,22,25). The number of hydrogen-bond acceptors (Lipinski definition) is 4. The summed E-state index contributed by atoms with van der Waals surface area (Å²) in [6.45, 7) is 6.03. The molecule has 0 saturated carbocycles. The number of aromatic nitrogens is 1. The molecule has 0 spiro atoms. The normalized spacial score (nSPS) is 15.8. The highest BCUT2D eigenvalue weighted by atomic mass is 16.2. The molecule has 1 fully saturated rings. The number of hydrogen-bond donors (Lipinski definition) is 1. The van der Waals surface area contributed by atoms with Gasteiger partial charge < -0.3 is 5.32 Å². The van der Waals surface area contributed by atoms with Gasteiger partial charge in [-0.2, -0.15) is 0 Å². The Kier molecular flexibility index (Phi) is 6.54. The lowest BCUT2D eigenvalue weighted by atomic mass is 10.2. The fourth-order valence-electron chi connectivity index (χ4n) is 3.08. The average molecular weight is 338 g/mol. The molecule has 1 amide bonds. The van der Waals surface area contributed by atoms with Gasteiger partial charge in [-0.05, 0) is 17.7 Å². The third-order valence-corrected chi connectivity index (χ3v) is 4.51. The number of nitrogens with one attached hydrogen (secondary N) is 1. The van der Waals surface area contributed by atoms with Gasteiger partial charge in [-0.3, -0.25) is 19.6 Å². The van der Waals surface area contributed by atoms with Crippen molar-refractivity contribution in [1.82, 2.24) is 20.1 Å². The molecule has 2 aromatic rings. The SMILES string of the molecule is O=C(CN1CCN(Cc2ccccc2)CC1)NCCc1ccccn1. The number of pyridine rings is 1. The number of amides is 1. The summed E-state index contributed by atoms with van der Waals surface area (Å²) in [6, 6.07) is 16.4. The highest BCUT2D eigenvalue weighted by Gasteiger charge is 2.18. The van der Waals surface area contributed by atoms with E-state index in [-0.39, 0.29) is 5.91 Å². The Bertz CT molecular complexity index is 639. The highest BCUT2D eigenvalue weighted by Crippen LogP contribution is 2.08. The summed E-state index contributed by atoms with van der Waals surface area (Å²) >= 11 is 0. The third-order valence-electron chi connectivity index (χ3n) is 4.51. The van der Waals surface area contributed by atoms with Crippen LogP contribution >= 0.6 is 0 Å². The van der Waals surface area contributed by atoms with E-state index in [0.29, 0.717) is 13.1 Å². The molecule has 1 aromatic heterocycles. The summed E-state index contributed by atoms with van der Waals surface area (Å²) in [7, 11) is 0. The molecule has 0 aliphatic carbocycles. The van der Waals surface area contributed by atoms with Crippen LogP contribution in [-0.2, 0) is 17.8 Å². The van der Waals surface area contributed by atoms with E-state index in [1.165, 1.54) is 5.56 Å². The zero-order valence-electron chi connectivity index (χ0n) is 14.6. The van der Waals surface area contributed by atoms with E-state index in [0.717, 1.165) is 44.8 Å². The minimum absolute atomic E-state index is 0.104. The van der Waals surface area contributed by atoms with Crippen LogP contribution in [0.5, 0.6) is 0 Å². The first-order valence-corrected chi connectivity index (χ1v) is 8.95. The van der Waals surface area contributed by atoms with E-state index < -0.39 is 0 Å². The van der Waals surface area contributed by atoms with Gasteiger partial charge in [-0.15, -0.1) is 0 Å². The first-order valence-electron chi connectivity index (χ1n) is 8.95. The van der Waals surface area contributed by atoms with Gasteiger partial charge in [-0.25, -0.2) is 0 Å². The molecule has 132 valence electrons. The van der Waals surface area contributed by atoms with Crippen LogP contribution in [0.15, 0.2) is 54.7 Å². The summed E-state index contributed by atoms with van der Waals surface area (Å²) < 4.78 is 0. The van der Waals surface area contributed by atoms with Crippen molar-refractivity contribution in [2.24, 2.45) is 0 Å². The Morgan fingerprint density at radius 1 is 0.960 bits per heavy atom. The number of rotatable bonds is 7. The Balaban J connectivity index is 1.32. The summed E-state index contributed by atoms with van der Waals surface area (Å²) in [5, 5.41) is 3.00. The molecule has 5 heteroatoms. The van der Waals surface area contributed by atoms with Crippen molar-refractivity contribution in [3.05, 3.63) is 66.0 Å². The Hall–Kier alpha value is -2.24. The van der Waals surface area contributed by atoms with E-state index in [2.05, 4.69) is 44.4 Å². The van der Waals surface area contributed by atoms with E-state index in [4.69, 9.17) is 0 Å². The predicted molar refractivity (Wildman–Crippen MR) is 99.1 cm³/mol. The molecule has 0 radical (unpaired) electrons. The van der Waals surface area contributed by atoms with Crippen LogP contribution in [0.1, 0.15) is 11.3 Å². The smallest absolute Gasteiger partial charge is 0.234 e. The van der Waals surface area contributed by atoms with Gasteiger partial charge in [0.1, 0.15) is 0 Å². The van der Waals surface area contributed by atoms with Gasteiger partial charge in [0.05, 0.1) is 6.54 Å². The Morgan fingerprint density at radius 3 is 2.40 bits per heavy atom. The van der Waals surface area contributed by atoms with Gasteiger partial charge >= 0.3 is 0 Å². The van der Waals surface area contributed by atoms with Gasteiger partial charge in [0.2, 0.25) is 5.91 Å². The minimum Gasteiger partial charge on any atom is -0.355 e. The minimum atomic E-state index is 0.104. The van der Waals surface area contributed by atoms with Crippen LogP contribution in [0.4, 0.5) is 0 Å². The fourth-order valence-corrected chi connectivity index (χ4v) is 3.08. The maximum absolute atomic E-state index is 12.1. The van der Waals surface area contributed by atoms with E-state index >= 15 is 0 Å². The summed E-state index contributed by atoms with van der Waals surface area (Å²) in [5.74, 6) is 0.104. The third kappa shape index (κ3) is 5.96. The van der Waals surface area contributed by atoms with Gasteiger partial charge in [0.25, 0.3) is 0 Å². The first kappa shape index (κ1) is 17.6. The molecule has 0 unspecified atom stereocenters. The molecule has 1 saturated heterocycles. The molecule has 0 atom stereocenters. The van der Waals surface area contributed by atoms with Crippen molar-refractivity contribution < 1.29 is 4.79 Å². The molecular weight excluding hydrogens is 312 g/mol. The van der Waals surface area contributed by atoms with Gasteiger partial charge in [-0.1, -0.05) is 36.4 Å². The number of nitrogens with zero attached hydrogens (tertiary/aromatic N) is 3. The zero-order valence-corrected chi connectivity index (χ0v) is 14.6. The molecule has 1 N–H and O–H groups in total. The number of carbonyl (C=O) groups excluding carboxylic acids is 1. The lowest BCUT2D eigenvalue weighted by molar-refractivity contribution is -0.122. The molecule has 5 nitrogen and oxygen atoms in total. The van der Waals surface area contributed by atoms with Crippen molar-refractivity contribution in [1.29, 1.82) is 0 Å². The Labute approximate surface area is 149 Å². The lowest BCUT2D eigenvalue weighted by Crippen LogP contribution is -2.49. The van der Waals surface area contributed by atoms with Crippen LogP contribution in [0.3, 0.4) is 0 Å². The predicted octanol–water partition coefficient (Wildman–Crippen LogP) is 1.56. The summed E-state index contributed by atoms with van der Waals surface area (Å²) in [5.41, 5.74) is 2.36. The second-order valence-corrected chi connectivity index (χ2v) is 6.46. The van der Waals surface area contributed by atoms with Gasteiger partial charge in [0.15, 0.2) is 0 Å². The second-order valence-electron chi connectivity index (χ2n) is 6.46. The number of carbonyl (C=O) groups is 1. The van der Waals surface area contributed by atoms with Crippen LogP contribution < -0.4 is 5.32 Å². The van der Waals surface area contributed by atoms with Crippen molar-refractivity contribution in [3.63, 3.8) is 0 Å². The van der Waals surface area contributed by atoms with E-state index in [9.17, 15) is 4.79 Å². The maximum atomic E-state index is 12.1. The molecular formula is C20H26N4O. The zero-order chi connectivity index (χ0) is 17.3. The number of piperazine rings is 1. The largest absolute Gasteiger partial charge is 0.355 e. The van der Waals surface area contributed by atoms with Crippen molar-refractivity contribution in [2.45, 2.75) is 13.0 Å². The maximum Gasteiger partial charge on any atom is 0.234 e. The van der Waals surface area contributed by atoms with Gasteiger partial charge in [0, 0.05) is 57.6 Å². The number of benzene rings is 1. The Morgan fingerprint density at radius 2 is 1.68 bits per heavy atom. The van der Waals surface area contributed by atoms with Crippen LogP contribution in [-0.4, -0.2) is 60.0 Å². The second kappa shape index (κ2) is 9.30. The molecule has 3 rings (SSSR count).